The van der Waals surface area contributed by atoms with Gasteiger partial charge in [-0.3, -0.25) is 0 Å². The van der Waals surface area contributed by atoms with Crippen LogP contribution in [-0.4, -0.2) is 27.6 Å². The molecule has 4 rings (SSSR count). The first-order valence-corrected chi connectivity index (χ1v) is 9.77. The first kappa shape index (κ1) is 19.1. The number of carbonyl (C=O) groups excluding carboxylic acids is 1. The molecule has 1 aromatic heterocycles. The van der Waals surface area contributed by atoms with Gasteiger partial charge in [-0.05, 0) is 49.2 Å². The average Bonchev–Trinajstić information content (AvgIpc) is 3.35. The molecule has 2 aromatic carbocycles. The summed E-state index contributed by atoms with van der Waals surface area (Å²) in [5, 5.41) is 8.15. The third kappa shape index (κ3) is 3.81. The Labute approximate surface area is 176 Å². The highest BCUT2D eigenvalue weighted by Crippen LogP contribution is 2.34. The van der Waals surface area contributed by atoms with E-state index in [0.29, 0.717) is 39.0 Å². The Balaban J connectivity index is 1.53. The second kappa shape index (κ2) is 7.99. The van der Waals surface area contributed by atoms with Crippen LogP contribution in [0.4, 0.5) is 10.5 Å². The quantitative estimate of drug-likeness (QED) is 0.540. The zero-order valence-corrected chi connectivity index (χ0v) is 16.8. The summed E-state index contributed by atoms with van der Waals surface area (Å²) in [7, 11) is 0. The first-order valence-electron chi connectivity index (χ1n) is 8.64. The number of likely N-dealkylation sites (tertiary alicyclic amines) is 1. The van der Waals surface area contributed by atoms with E-state index >= 15 is 0 Å². The normalized spacial score (nSPS) is 16.4. The second-order valence-corrected chi connectivity index (χ2v) is 7.57. The van der Waals surface area contributed by atoms with Crippen LogP contribution < -0.4 is 5.32 Å². The van der Waals surface area contributed by atoms with Gasteiger partial charge in [0.15, 0.2) is 0 Å². The van der Waals surface area contributed by atoms with E-state index < -0.39 is 0 Å². The molecule has 0 aliphatic carbocycles. The van der Waals surface area contributed by atoms with E-state index in [4.69, 9.17) is 39.3 Å². The molecule has 1 atom stereocenters. The molecule has 2 heterocycles. The fraction of sp³-hybridized carbons (Fsp3) is 0.211. The highest BCUT2D eigenvalue weighted by molar-refractivity contribution is 6.43. The van der Waals surface area contributed by atoms with Crippen LogP contribution in [0.5, 0.6) is 0 Å². The molecule has 28 heavy (non-hydrogen) atoms. The van der Waals surface area contributed by atoms with Crippen molar-refractivity contribution >= 4 is 46.5 Å². The number of nitrogens with zero attached hydrogens (tertiary/aromatic N) is 3. The summed E-state index contributed by atoms with van der Waals surface area (Å²) < 4.78 is 5.44. The lowest BCUT2D eigenvalue weighted by atomic mass is 10.2. The van der Waals surface area contributed by atoms with Crippen LogP contribution in [0.3, 0.4) is 0 Å². The number of aromatic nitrogens is 2. The van der Waals surface area contributed by atoms with Crippen LogP contribution in [0.1, 0.15) is 24.8 Å². The minimum Gasteiger partial charge on any atom is -0.337 e. The summed E-state index contributed by atoms with van der Waals surface area (Å²) in [5.74, 6) is 0.853. The number of benzene rings is 2. The molecule has 1 aliphatic heterocycles. The predicted octanol–water partition coefficient (Wildman–Crippen LogP) is 6.07. The maximum atomic E-state index is 12.8. The molecule has 3 aromatic rings. The van der Waals surface area contributed by atoms with E-state index in [0.717, 1.165) is 18.4 Å². The Morgan fingerprint density at radius 1 is 1.14 bits per heavy atom. The van der Waals surface area contributed by atoms with E-state index in [-0.39, 0.29) is 12.1 Å². The minimum absolute atomic E-state index is 0.294. The highest BCUT2D eigenvalue weighted by Gasteiger charge is 2.34. The molecule has 0 saturated carbocycles. The number of rotatable bonds is 3. The molecule has 2 amide bonds. The Hall–Kier alpha value is -2.28. The van der Waals surface area contributed by atoms with Crippen molar-refractivity contribution in [1.29, 1.82) is 0 Å². The van der Waals surface area contributed by atoms with Crippen LogP contribution in [0.2, 0.25) is 15.1 Å². The van der Waals surface area contributed by atoms with Gasteiger partial charge in [-0.15, -0.1) is 0 Å². The van der Waals surface area contributed by atoms with Gasteiger partial charge in [0.05, 0.1) is 15.7 Å². The summed E-state index contributed by atoms with van der Waals surface area (Å²) in [4.78, 5) is 18.9. The number of anilines is 1. The third-order valence-electron chi connectivity index (χ3n) is 4.54. The maximum absolute atomic E-state index is 12.8. The minimum atomic E-state index is -0.300. The zero-order chi connectivity index (χ0) is 19.7. The molecule has 144 valence electrons. The van der Waals surface area contributed by atoms with Gasteiger partial charge < -0.3 is 14.7 Å². The molecule has 1 unspecified atom stereocenters. The molecule has 0 radical (unpaired) electrons. The first-order chi connectivity index (χ1) is 13.5. The second-order valence-electron chi connectivity index (χ2n) is 6.35. The van der Waals surface area contributed by atoms with Crippen LogP contribution in [0, 0.1) is 0 Å². The van der Waals surface area contributed by atoms with Gasteiger partial charge in [-0.1, -0.05) is 46.0 Å². The number of carbonyl (C=O) groups is 1. The fourth-order valence-corrected chi connectivity index (χ4v) is 3.61. The van der Waals surface area contributed by atoms with Gasteiger partial charge in [0.25, 0.3) is 0 Å². The molecular formula is C19H15Cl3N4O2. The Kier molecular flexibility index (Phi) is 5.44. The molecule has 1 aliphatic rings. The van der Waals surface area contributed by atoms with Gasteiger partial charge in [-0.25, -0.2) is 4.79 Å². The average molecular weight is 438 g/mol. The number of hydrogen-bond acceptors (Lipinski definition) is 4. The summed E-state index contributed by atoms with van der Waals surface area (Å²) in [5.41, 5.74) is 1.25. The number of hydrogen-bond donors (Lipinski definition) is 1. The lowest BCUT2D eigenvalue weighted by molar-refractivity contribution is 0.193. The van der Waals surface area contributed by atoms with Gasteiger partial charge in [0.1, 0.15) is 6.04 Å². The van der Waals surface area contributed by atoms with Crippen molar-refractivity contribution in [3.05, 3.63) is 63.4 Å². The van der Waals surface area contributed by atoms with Crippen molar-refractivity contribution < 1.29 is 9.32 Å². The smallest absolute Gasteiger partial charge is 0.322 e. The highest BCUT2D eigenvalue weighted by atomic mass is 35.5. The van der Waals surface area contributed by atoms with E-state index in [1.54, 1.807) is 35.2 Å². The monoisotopic (exact) mass is 436 g/mol. The molecule has 1 fully saturated rings. The van der Waals surface area contributed by atoms with E-state index in [2.05, 4.69) is 15.5 Å². The van der Waals surface area contributed by atoms with Crippen molar-refractivity contribution in [1.82, 2.24) is 15.0 Å². The molecular weight excluding hydrogens is 423 g/mol. The number of urea groups is 1. The van der Waals surface area contributed by atoms with Gasteiger partial charge >= 0.3 is 6.03 Å². The standard InChI is InChI=1S/C19H15Cl3N4O2/c20-12-8-6-11(7-9-12)17-24-18(28-25-17)15-5-2-10-26(15)19(27)23-14-4-1-3-13(21)16(14)22/h1,3-4,6-9,15H,2,5,10H2,(H,23,27). The van der Waals surface area contributed by atoms with Crippen LogP contribution in [0.15, 0.2) is 47.0 Å². The molecule has 1 saturated heterocycles. The summed E-state index contributed by atoms with van der Waals surface area (Å²) in [6.07, 6.45) is 1.57. The fourth-order valence-electron chi connectivity index (χ4n) is 3.14. The van der Waals surface area contributed by atoms with Crippen LogP contribution in [-0.2, 0) is 0 Å². The SMILES string of the molecule is O=C(Nc1cccc(Cl)c1Cl)N1CCCC1c1nc(-c2ccc(Cl)cc2)no1. The summed E-state index contributed by atoms with van der Waals surface area (Å²) in [6.45, 7) is 0.577. The molecule has 0 spiro atoms. The lowest BCUT2D eigenvalue weighted by Gasteiger charge is -2.22. The van der Waals surface area contributed by atoms with Crippen molar-refractivity contribution in [3.63, 3.8) is 0 Å². The summed E-state index contributed by atoms with van der Waals surface area (Å²) in [6, 6.07) is 11.6. The lowest BCUT2D eigenvalue weighted by Crippen LogP contribution is -2.34. The van der Waals surface area contributed by atoms with Crippen molar-refractivity contribution in [2.45, 2.75) is 18.9 Å². The number of amides is 2. The van der Waals surface area contributed by atoms with Gasteiger partial charge in [0.2, 0.25) is 11.7 Å². The Morgan fingerprint density at radius 2 is 1.93 bits per heavy atom. The van der Waals surface area contributed by atoms with E-state index in [1.807, 2.05) is 12.1 Å². The topological polar surface area (TPSA) is 71.3 Å². The Bertz CT molecular complexity index is 1010. The Morgan fingerprint density at radius 3 is 2.71 bits per heavy atom. The molecule has 0 bridgehead atoms. The number of halogens is 3. The van der Waals surface area contributed by atoms with Crippen molar-refractivity contribution in [2.24, 2.45) is 0 Å². The van der Waals surface area contributed by atoms with Gasteiger partial charge in [-0.2, -0.15) is 4.98 Å². The summed E-state index contributed by atoms with van der Waals surface area (Å²) >= 11 is 18.1. The maximum Gasteiger partial charge on any atom is 0.322 e. The third-order valence-corrected chi connectivity index (χ3v) is 5.61. The van der Waals surface area contributed by atoms with Crippen LogP contribution in [0.25, 0.3) is 11.4 Å². The predicted molar refractivity (Wildman–Crippen MR) is 109 cm³/mol. The van der Waals surface area contributed by atoms with Gasteiger partial charge in [0, 0.05) is 17.1 Å². The van der Waals surface area contributed by atoms with E-state index in [1.165, 1.54) is 0 Å². The van der Waals surface area contributed by atoms with E-state index in [9.17, 15) is 4.79 Å². The zero-order valence-electron chi connectivity index (χ0n) is 14.5. The number of nitrogens with one attached hydrogen (secondary N) is 1. The van der Waals surface area contributed by atoms with Crippen LogP contribution >= 0.6 is 34.8 Å². The molecule has 6 nitrogen and oxygen atoms in total. The van der Waals surface area contributed by atoms with Crippen molar-refractivity contribution in [2.75, 3.05) is 11.9 Å². The van der Waals surface area contributed by atoms with Crippen molar-refractivity contribution in [3.8, 4) is 11.4 Å². The molecule has 9 heteroatoms. The largest absolute Gasteiger partial charge is 0.337 e. The molecule has 1 N–H and O–H groups in total.